The minimum absolute atomic E-state index is 0.0627. The van der Waals surface area contributed by atoms with Crippen LogP contribution in [0, 0.1) is 38.5 Å². The molecule has 0 aliphatic carbocycles. The van der Waals surface area contributed by atoms with Gasteiger partial charge in [-0.1, -0.05) is 11.8 Å². The van der Waals surface area contributed by atoms with Gasteiger partial charge in [0.05, 0.1) is 45.9 Å². The average Bonchev–Trinajstić information content (AvgIpc) is 4.14. The molecule has 2 aromatic heterocycles. The SMILES string of the molecule is C#Cc1ccc(C(=O)N[C@@]2(C(=O)Nc3ccc(N4CCOCC4=O)c(C)c3)CCOC2)s1.C#Cc1ccc(C(=O)N[C@]2(C(=O)Nc3ccc(N4CCOCC4=O)c(C)c3)CCOC2)s1. The van der Waals surface area contributed by atoms with Gasteiger partial charge in [-0.2, -0.15) is 0 Å². The van der Waals surface area contributed by atoms with Crippen LogP contribution < -0.4 is 31.1 Å². The molecule has 4 N–H and O–H groups in total. The number of nitrogens with one attached hydrogen (secondary N) is 4. The average molecular weight is 907 g/mol. The highest BCUT2D eigenvalue weighted by molar-refractivity contribution is 7.14. The van der Waals surface area contributed by atoms with Gasteiger partial charge in [0.2, 0.25) is 0 Å². The van der Waals surface area contributed by atoms with E-state index in [1.807, 2.05) is 13.8 Å². The van der Waals surface area contributed by atoms with Crippen molar-refractivity contribution in [2.45, 2.75) is 37.8 Å². The normalized spacial score (nSPS) is 20.6. The van der Waals surface area contributed by atoms with E-state index in [2.05, 4.69) is 33.1 Å². The summed E-state index contributed by atoms with van der Waals surface area (Å²) in [6.45, 7) is 6.72. The van der Waals surface area contributed by atoms with Gasteiger partial charge in [0, 0.05) is 61.9 Å². The Morgan fingerprint density at radius 3 is 1.36 bits per heavy atom. The molecule has 64 heavy (non-hydrogen) atoms. The molecule has 4 aliphatic heterocycles. The third-order valence-corrected chi connectivity index (χ3v) is 13.1. The summed E-state index contributed by atoms with van der Waals surface area (Å²) in [6, 6.07) is 17.4. The summed E-state index contributed by atoms with van der Waals surface area (Å²) in [4.78, 5) is 81.7. The van der Waals surface area contributed by atoms with Crippen molar-refractivity contribution in [3.05, 3.63) is 91.3 Å². The number of hydrogen-bond donors (Lipinski definition) is 4. The first-order valence-electron chi connectivity index (χ1n) is 20.4. The minimum atomic E-state index is -1.18. The lowest BCUT2D eigenvalue weighted by atomic mass is 9.96. The predicted octanol–water partition coefficient (Wildman–Crippen LogP) is 3.86. The van der Waals surface area contributed by atoms with Gasteiger partial charge in [0.15, 0.2) is 0 Å². The van der Waals surface area contributed by atoms with E-state index in [0.717, 1.165) is 22.5 Å². The lowest BCUT2D eigenvalue weighted by Gasteiger charge is -2.29. The van der Waals surface area contributed by atoms with Crippen LogP contribution in [0.5, 0.6) is 0 Å². The number of carbonyl (C=O) groups excluding carboxylic acids is 6. The lowest BCUT2D eigenvalue weighted by molar-refractivity contribution is -0.126. The first kappa shape index (κ1) is 45.6. The van der Waals surface area contributed by atoms with Crippen molar-refractivity contribution in [1.29, 1.82) is 0 Å². The largest absolute Gasteiger partial charge is 0.378 e. The van der Waals surface area contributed by atoms with Crippen molar-refractivity contribution in [2.75, 3.05) is 86.4 Å². The molecule has 0 spiro atoms. The van der Waals surface area contributed by atoms with Gasteiger partial charge >= 0.3 is 0 Å². The monoisotopic (exact) mass is 906 g/mol. The van der Waals surface area contributed by atoms with E-state index in [0.29, 0.717) is 83.2 Å². The number of terminal acetylenes is 2. The van der Waals surface area contributed by atoms with Crippen LogP contribution in [0.15, 0.2) is 60.7 Å². The molecule has 0 saturated carbocycles. The minimum Gasteiger partial charge on any atom is -0.378 e. The second kappa shape index (κ2) is 20.0. The van der Waals surface area contributed by atoms with E-state index >= 15 is 0 Å². The third-order valence-electron chi connectivity index (χ3n) is 11.0. The molecule has 0 bridgehead atoms. The summed E-state index contributed by atoms with van der Waals surface area (Å²) in [5, 5.41) is 11.5. The summed E-state index contributed by atoms with van der Waals surface area (Å²) in [5.74, 6) is 3.37. The van der Waals surface area contributed by atoms with Crippen LogP contribution >= 0.6 is 22.7 Å². The molecule has 4 saturated heterocycles. The maximum absolute atomic E-state index is 13.2. The number of ether oxygens (including phenoxy) is 4. The highest BCUT2D eigenvalue weighted by Gasteiger charge is 2.45. The molecule has 16 nitrogen and oxygen atoms in total. The molecule has 18 heteroatoms. The molecular weight excluding hydrogens is 861 g/mol. The van der Waals surface area contributed by atoms with E-state index in [-0.39, 0.29) is 61.9 Å². The Morgan fingerprint density at radius 2 is 1.03 bits per heavy atom. The van der Waals surface area contributed by atoms with Gasteiger partial charge in [-0.3, -0.25) is 28.8 Å². The zero-order chi connectivity index (χ0) is 45.4. The van der Waals surface area contributed by atoms with Gasteiger partial charge < -0.3 is 50.0 Å². The van der Waals surface area contributed by atoms with Crippen molar-refractivity contribution >= 4 is 80.9 Å². The van der Waals surface area contributed by atoms with Crippen LogP contribution in [0.1, 0.15) is 53.1 Å². The van der Waals surface area contributed by atoms with Crippen LogP contribution in [-0.4, -0.2) is 112 Å². The van der Waals surface area contributed by atoms with Gasteiger partial charge in [0.1, 0.15) is 24.3 Å². The van der Waals surface area contributed by atoms with Crippen LogP contribution in [0.3, 0.4) is 0 Å². The van der Waals surface area contributed by atoms with Crippen molar-refractivity contribution in [3.8, 4) is 24.7 Å². The Balaban J connectivity index is 0.000000191. The number of hydrogen-bond acceptors (Lipinski definition) is 12. The topological polar surface area (TPSA) is 194 Å². The fourth-order valence-corrected chi connectivity index (χ4v) is 8.97. The molecular formula is C46H46N6O10S2. The fraction of sp³-hybridized carbons (Fsp3) is 0.348. The summed E-state index contributed by atoms with van der Waals surface area (Å²) in [7, 11) is 0. The zero-order valence-corrected chi connectivity index (χ0v) is 36.8. The number of morpholine rings is 2. The van der Waals surface area contributed by atoms with Crippen molar-refractivity contribution in [3.63, 3.8) is 0 Å². The number of thiophene rings is 2. The third kappa shape index (κ3) is 10.2. The maximum atomic E-state index is 13.2. The van der Waals surface area contributed by atoms with E-state index in [4.69, 9.17) is 31.8 Å². The molecule has 332 valence electrons. The zero-order valence-electron chi connectivity index (χ0n) is 35.2. The Kier molecular flexibility index (Phi) is 14.3. The number of benzene rings is 2. The molecule has 6 amide bonds. The van der Waals surface area contributed by atoms with Gasteiger partial charge in [-0.25, -0.2) is 0 Å². The van der Waals surface area contributed by atoms with Gasteiger partial charge in [-0.15, -0.1) is 35.5 Å². The van der Waals surface area contributed by atoms with Crippen LogP contribution in [-0.2, 0) is 38.1 Å². The smallest absolute Gasteiger partial charge is 0.262 e. The maximum Gasteiger partial charge on any atom is 0.262 e. The quantitative estimate of drug-likeness (QED) is 0.170. The Morgan fingerprint density at radius 1 is 0.609 bits per heavy atom. The number of aryl methyl sites for hydroxylation is 2. The van der Waals surface area contributed by atoms with Crippen LogP contribution in [0.25, 0.3) is 0 Å². The molecule has 4 aromatic rings. The first-order chi connectivity index (χ1) is 30.8. The molecule has 2 aromatic carbocycles. The molecule has 4 fully saturated rings. The molecule has 6 heterocycles. The number of carbonyl (C=O) groups is 6. The Labute approximate surface area is 377 Å². The summed E-state index contributed by atoms with van der Waals surface area (Å²) >= 11 is 2.39. The van der Waals surface area contributed by atoms with Crippen LogP contribution in [0.2, 0.25) is 0 Å². The number of amides is 6. The Hall–Kier alpha value is -6.38. The van der Waals surface area contributed by atoms with Crippen LogP contribution in [0.4, 0.5) is 22.7 Å². The second-order valence-electron chi connectivity index (χ2n) is 15.4. The molecule has 0 unspecified atom stereocenters. The highest BCUT2D eigenvalue weighted by atomic mass is 32.1. The summed E-state index contributed by atoms with van der Waals surface area (Å²) in [5.41, 5.74) is 2.05. The number of anilines is 4. The molecule has 2 atom stereocenters. The summed E-state index contributed by atoms with van der Waals surface area (Å²) < 4.78 is 21.3. The van der Waals surface area contributed by atoms with Crippen molar-refractivity contribution in [1.82, 2.24) is 10.6 Å². The molecule has 8 rings (SSSR count). The first-order valence-corrected chi connectivity index (χ1v) is 22.0. The second-order valence-corrected chi connectivity index (χ2v) is 17.6. The predicted molar refractivity (Wildman–Crippen MR) is 242 cm³/mol. The van der Waals surface area contributed by atoms with E-state index in [1.54, 1.807) is 70.5 Å². The van der Waals surface area contributed by atoms with E-state index in [1.165, 1.54) is 22.7 Å². The van der Waals surface area contributed by atoms with Gasteiger partial charge in [-0.05, 0) is 85.6 Å². The highest BCUT2D eigenvalue weighted by Crippen LogP contribution is 2.30. The standard InChI is InChI=1S/2C23H23N3O5S/c2*1-3-17-5-7-19(32-17)21(28)25-23(8-10-31-14-23)22(29)24-16-4-6-18(15(2)12-16)26-9-11-30-13-20(26)27/h2*1,4-7,12H,8-11,13-14H2,2H3,(H,24,29)(H,25,28)/t2*23-/m10/s1. The Bertz CT molecular complexity index is 2370. The fourth-order valence-electron chi connectivity index (χ4n) is 7.55. The van der Waals surface area contributed by atoms with Gasteiger partial charge in [0.25, 0.3) is 35.4 Å². The number of rotatable bonds is 10. The van der Waals surface area contributed by atoms with Crippen molar-refractivity contribution < 1.29 is 47.7 Å². The number of nitrogens with zero attached hydrogens (tertiary/aromatic N) is 2. The van der Waals surface area contributed by atoms with Crippen molar-refractivity contribution in [2.24, 2.45) is 0 Å². The van der Waals surface area contributed by atoms with E-state index in [9.17, 15) is 28.8 Å². The molecule has 0 radical (unpaired) electrons. The lowest BCUT2D eigenvalue weighted by Crippen LogP contribution is -2.57. The summed E-state index contributed by atoms with van der Waals surface area (Å²) in [6.07, 6.45) is 11.5. The van der Waals surface area contributed by atoms with E-state index < -0.39 is 11.1 Å². The molecule has 4 aliphatic rings.